The van der Waals surface area contributed by atoms with E-state index in [0.717, 1.165) is 47.5 Å². The number of carboxylic acids is 1. The van der Waals surface area contributed by atoms with Crippen LogP contribution in [-0.4, -0.2) is 81.0 Å². The zero-order valence-corrected chi connectivity index (χ0v) is 31.3. The molecular formula is C41H58N2O8. The van der Waals surface area contributed by atoms with Gasteiger partial charge in [0.1, 0.15) is 23.2 Å². The number of nitrogens with zero attached hydrogens (tertiary/aromatic N) is 1. The molecule has 280 valence electrons. The Balaban J connectivity index is 0.00000116. The first-order chi connectivity index (χ1) is 24.6. The molecule has 3 aromatic carbocycles. The number of esters is 1. The van der Waals surface area contributed by atoms with E-state index in [4.69, 9.17) is 24.1 Å². The summed E-state index contributed by atoms with van der Waals surface area (Å²) in [5.41, 5.74) is 1.70. The lowest BCUT2D eigenvalue weighted by atomic mass is 9.80. The minimum Gasteiger partial charge on any atom is -0.497 e. The van der Waals surface area contributed by atoms with Gasteiger partial charge in [-0.2, -0.15) is 0 Å². The Morgan fingerprint density at radius 1 is 0.725 bits per heavy atom. The first kappa shape index (κ1) is 42.8. The maximum Gasteiger partial charge on any atom is 0.306 e. The Morgan fingerprint density at radius 3 is 1.71 bits per heavy atom. The number of methoxy groups -OCH3 is 2. The summed E-state index contributed by atoms with van der Waals surface area (Å²) in [6.45, 7) is 12.4. The standard InChI is InChI=1S/C35H43NO8.C6H15N/c1-26(37)36-24-9-5-8-12-32(44-34(40)22-21-33(38)39)23-25-43-35(27-10-6-4-7-11-27,28-13-17-30(41-2)18-14-28)29-15-19-31(42-3)20-16-29;1-4-7(5-2)6-3/h4,6-7,10-11,13-20,32H,5,8-9,12,21-25H2,1-3H3,(H,36,37)(H,38,39);4-6H2,1-3H3. The molecule has 0 saturated heterocycles. The van der Waals surface area contributed by atoms with Gasteiger partial charge < -0.3 is 34.3 Å². The Labute approximate surface area is 304 Å². The van der Waals surface area contributed by atoms with E-state index in [1.54, 1.807) is 14.2 Å². The number of aliphatic carboxylic acids is 1. The molecule has 0 radical (unpaired) electrons. The number of benzene rings is 3. The van der Waals surface area contributed by atoms with Crippen LogP contribution in [0.4, 0.5) is 0 Å². The van der Waals surface area contributed by atoms with E-state index >= 15 is 0 Å². The van der Waals surface area contributed by atoms with Crippen molar-refractivity contribution in [3.63, 3.8) is 0 Å². The van der Waals surface area contributed by atoms with E-state index in [2.05, 4.69) is 31.0 Å². The van der Waals surface area contributed by atoms with Crippen LogP contribution in [-0.2, 0) is 29.5 Å². The molecule has 1 unspecified atom stereocenters. The SMILES string of the molecule is CCN(CC)CC.COc1ccc(C(OCCC(CCCCCNC(C)=O)OC(=O)CCC(=O)O)(c2ccccc2)c2ccc(OC)cc2)cc1. The largest absolute Gasteiger partial charge is 0.497 e. The van der Waals surface area contributed by atoms with Crippen molar-refractivity contribution in [2.24, 2.45) is 0 Å². The molecular weight excluding hydrogens is 648 g/mol. The zero-order chi connectivity index (χ0) is 37.5. The molecule has 10 heteroatoms. The van der Waals surface area contributed by atoms with Crippen molar-refractivity contribution in [1.29, 1.82) is 0 Å². The molecule has 0 saturated carbocycles. The molecule has 3 aromatic rings. The van der Waals surface area contributed by atoms with Crippen LogP contribution in [0.5, 0.6) is 11.5 Å². The fraction of sp³-hybridized carbons (Fsp3) is 0.488. The lowest BCUT2D eigenvalue weighted by Crippen LogP contribution is -2.34. The van der Waals surface area contributed by atoms with E-state index in [1.807, 2.05) is 78.9 Å². The van der Waals surface area contributed by atoms with Crippen LogP contribution < -0.4 is 14.8 Å². The molecule has 0 aliphatic carbocycles. The lowest BCUT2D eigenvalue weighted by molar-refractivity contribution is -0.153. The fourth-order valence-corrected chi connectivity index (χ4v) is 5.74. The molecule has 0 aromatic heterocycles. The summed E-state index contributed by atoms with van der Waals surface area (Å²) < 4.78 is 23.5. The summed E-state index contributed by atoms with van der Waals surface area (Å²) in [5.74, 6) is -0.223. The molecule has 3 rings (SSSR count). The first-order valence-corrected chi connectivity index (χ1v) is 18.0. The number of carboxylic acid groups (broad SMARTS) is 1. The lowest BCUT2D eigenvalue weighted by Gasteiger charge is -2.36. The van der Waals surface area contributed by atoms with Gasteiger partial charge in [0, 0.05) is 19.9 Å². The zero-order valence-electron chi connectivity index (χ0n) is 31.3. The van der Waals surface area contributed by atoms with E-state index in [1.165, 1.54) is 26.6 Å². The van der Waals surface area contributed by atoms with Crippen LogP contribution in [0.3, 0.4) is 0 Å². The fourth-order valence-electron chi connectivity index (χ4n) is 5.74. The van der Waals surface area contributed by atoms with Gasteiger partial charge in [-0.3, -0.25) is 14.4 Å². The highest BCUT2D eigenvalue weighted by Gasteiger charge is 2.38. The third-order valence-corrected chi connectivity index (χ3v) is 8.69. The molecule has 0 aliphatic rings. The van der Waals surface area contributed by atoms with Gasteiger partial charge in [0.15, 0.2) is 0 Å². The molecule has 0 fully saturated rings. The maximum atomic E-state index is 12.5. The number of amides is 1. The highest BCUT2D eigenvalue weighted by molar-refractivity contribution is 5.76. The van der Waals surface area contributed by atoms with Gasteiger partial charge in [0.25, 0.3) is 0 Å². The number of ether oxygens (including phenoxy) is 4. The summed E-state index contributed by atoms with van der Waals surface area (Å²) in [6, 6.07) is 25.4. The predicted octanol–water partition coefficient (Wildman–Crippen LogP) is 7.22. The van der Waals surface area contributed by atoms with Gasteiger partial charge in [0.2, 0.25) is 5.91 Å². The number of hydrogen-bond donors (Lipinski definition) is 2. The van der Waals surface area contributed by atoms with Crippen LogP contribution in [0.2, 0.25) is 0 Å². The molecule has 0 heterocycles. The van der Waals surface area contributed by atoms with Crippen molar-refractivity contribution in [3.05, 3.63) is 95.6 Å². The maximum absolute atomic E-state index is 12.5. The highest BCUT2D eigenvalue weighted by Crippen LogP contribution is 2.42. The predicted molar refractivity (Wildman–Crippen MR) is 200 cm³/mol. The first-order valence-electron chi connectivity index (χ1n) is 18.0. The van der Waals surface area contributed by atoms with Crippen LogP contribution in [0.1, 0.15) is 89.3 Å². The summed E-state index contributed by atoms with van der Waals surface area (Å²) in [7, 11) is 3.24. The summed E-state index contributed by atoms with van der Waals surface area (Å²) >= 11 is 0. The number of carbonyl (C=O) groups is 3. The topological polar surface area (TPSA) is 124 Å². The molecule has 0 spiro atoms. The molecule has 51 heavy (non-hydrogen) atoms. The third kappa shape index (κ3) is 14.8. The second-order valence-electron chi connectivity index (χ2n) is 12.1. The van der Waals surface area contributed by atoms with Gasteiger partial charge >= 0.3 is 11.9 Å². The second kappa shape index (κ2) is 23.9. The number of unbranched alkanes of at least 4 members (excludes halogenated alkanes) is 2. The van der Waals surface area contributed by atoms with Gasteiger partial charge in [-0.15, -0.1) is 0 Å². The molecule has 0 aliphatic heterocycles. The van der Waals surface area contributed by atoms with Gasteiger partial charge in [-0.25, -0.2) is 0 Å². The van der Waals surface area contributed by atoms with Crippen molar-refractivity contribution in [1.82, 2.24) is 10.2 Å². The molecule has 1 amide bonds. The van der Waals surface area contributed by atoms with E-state index in [0.29, 0.717) is 19.4 Å². The normalized spacial score (nSPS) is 11.6. The average molecular weight is 707 g/mol. The summed E-state index contributed by atoms with van der Waals surface area (Å²) in [4.78, 5) is 37.0. The van der Waals surface area contributed by atoms with Gasteiger partial charge in [-0.1, -0.05) is 81.8 Å². The van der Waals surface area contributed by atoms with Crippen molar-refractivity contribution >= 4 is 17.8 Å². The molecule has 10 nitrogen and oxygen atoms in total. The van der Waals surface area contributed by atoms with Crippen molar-refractivity contribution in [3.8, 4) is 11.5 Å². The van der Waals surface area contributed by atoms with Crippen molar-refractivity contribution in [2.45, 2.75) is 84.3 Å². The smallest absolute Gasteiger partial charge is 0.306 e. The number of hydrogen-bond acceptors (Lipinski definition) is 8. The van der Waals surface area contributed by atoms with Gasteiger partial charge in [-0.05, 0) is 79.9 Å². The Bertz CT molecular complexity index is 1360. The number of carbonyl (C=O) groups excluding carboxylic acids is 2. The third-order valence-electron chi connectivity index (χ3n) is 8.69. The van der Waals surface area contributed by atoms with Crippen LogP contribution in [0, 0.1) is 0 Å². The Hall–Kier alpha value is -4.41. The molecule has 0 bridgehead atoms. The minimum atomic E-state index is -1.05. The minimum absolute atomic E-state index is 0.0667. The number of nitrogens with one attached hydrogen (secondary N) is 1. The van der Waals surface area contributed by atoms with E-state index in [9.17, 15) is 14.4 Å². The molecule has 1 atom stereocenters. The Kier molecular flexibility index (Phi) is 20.0. The summed E-state index contributed by atoms with van der Waals surface area (Å²) in [5, 5.41) is 11.8. The second-order valence-corrected chi connectivity index (χ2v) is 12.1. The van der Waals surface area contributed by atoms with Crippen LogP contribution >= 0.6 is 0 Å². The number of rotatable bonds is 22. The molecule has 2 N–H and O–H groups in total. The monoisotopic (exact) mass is 706 g/mol. The van der Waals surface area contributed by atoms with Crippen molar-refractivity contribution < 1.29 is 38.4 Å². The summed E-state index contributed by atoms with van der Waals surface area (Å²) in [6.07, 6.45) is 2.48. The van der Waals surface area contributed by atoms with E-state index in [-0.39, 0.29) is 25.4 Å². The Morgan fingerprint density at radius 2 is 1.25 bits per heavy atom. The van der Waals surface area contributed by atoms with Crippen molar-refractivity contribution in [2.75, 3.05) is 47.0 Å². The van der Waals surface area contributed by atoms with Crippen LogP contribution in [0.25, 0.3) is 0 Å². The van der Waals surface area contributed by atoms with Crippen LogP contribution in [0.15, 0.2) is 78.9 Å². The quantitative estimate of drug-likeness (QED) is 0.0633. The van der Waals surface area contributed by atoms with E-state index < -0.39 is 23.6 Å². The van der Waals surface area contributed by atoms with Gasteiger partial charge in [0.05, 0.1) is 33.7 Å². The average Bonchev–Trinajstić information content (AvgIpc) is 3.15. The highest BCUT2D eigenvalue weighted by atomic mass is 16.5.